The van der Waals surface area contributed by atoms with E-state index in [0.717, 1.165) is 16.8 Å². The molecule has 0 radical (unpaired) electrons. The lowest BCUT2D eigenvalue weighted by atomic mass is 10.1. The van der Waals surface area contributed by atoms with Crippen molar-refractivity contribution in [3.05, 3.63) is 83.4 Å². The van der Waals surface area contributed by atoms with Gasteiger partial charge in [-0.3, -0.25) is 9.67 Å². The molecule has 9 nitrogen and oxygen atoms in total. The molecule has 3 heterocycles. The minimum Gasteiger partial charge on any atom is -0.373 e. The first-order valence-corrected chi connectivity index (χ1v) is 12.1. The fourth-order valence-corrected chi connectivity index (χ4v) is 4.49. The fraction of sp³-hybridized carbons (Fsp3) is 0.167. The van der Waals surface area contributed by atoms with Crippen LogP contribution in [0, 0.1) is 25.2 Å². The van der Waals surface area contributed by atoms with Crippen molar-refractivity contribution in [1.82, 2.24) is 24.5 Å². The normalized spacial score (nSPS) is 12.7. The van der Waals surface area contributed by atoms with Gasteiger partial charge in [-0.2, -0.15) is 37.0 Å². The van der Waals surface area contributed by atoms with E-state index in [1.54, 1.807) is 51.4 Å². The van der Waals surface area contributed by atoms with Crippen LogP contribution >= 0.6 is 0 Å². The number of halogens is 3. The monoisotopic (exact) mass is 528 g/mol. The van der Waals surface area contributed by atoms with Crippen molar-refractivity contribution in [1.29, 1.82) is 5.26 Å². The summed E-state index contributed by atoms with van der Waals surface area (Å²) in [5.74, 6) is -0.390. The Morgan fingerprint density at radius 3 is 2.27 bits per heavy atom. The highest BCUT2D eigenvalue weighted by Crippen LogP contribution is 2.33. The topological polar surface area (TPSA) is 116 Å². The number of alkyl halides is 3. The summed E-state index contributed by atoms with van der Waals surface area (Å²) >= 11 is 0. The molecule has 0 saturated heterocycles. The molecule has 0 aliphatic heterocycles. The van der Waals surface area contributed by atoms with Crippen LogP contribution in [0.1, 0.15) is 22.5 Å². The second-order valence-corrected chi connectivity index (χ2v) is 9.44. The first kappa shape index (κ1) is 25.6. The highest BCUT2D eigenvalue weighted by atomic mass is 32.2. The van der Waals surface area contributed by atoms with E-state index in [2.05, 4.69) is 15.2 Å². The van der Waals surface area contributed by atoms with Gasteiger partial charge in [0.25, 0.3) is 0 Å². The summed E-state index contributed by atoms with van der Waals surface area (Å²) in [6.07, 6.45) is -1.63. The van der Waals surface area contributed by atoms with Crippen molar-refractivity contribution < 1.29 is 25.8 Å². The second kappa shape index (κ2) is 9.55. The molecule has 0 saturated carbocycles. The average Bonchev–Trinajstić information content (AvgIpc) is 3.43. The number of aryl methyl sites for hydroxylation is 2. The van der Waals surface area contributed by atoms with Gasteiger partial charge >= 0.3 is 16.3 Å². The summed E-state index contributed by atoms with van der Waals surface area (Å²) in [7, 11) is -3.13. The number of nitrogens with zero attached hydrogens (tertiary/aromatic N) is 6. The Morgan fingerprint density at radius 2 is 1.73 bits per heavy atom. The van der Waals surface area contributed by atoms with Gasteiger partial charge in [0, 0.05) is 25.0 Å². The van der Waals surface area contributed by atoms with E-state index >= 15 is 0 Å². The van der Waals surface area contributed by atoms with Crippen LogP contribution in [0.2, 0.25) is 0 Å². The summed E-state index contributed by atoms with van der Waals surface area (Å²) in [6.45, 7) is 3.36. The van der Waals surface area contributed by atoms with Gasteiger partial charge in [0.1, 0.15) is 22.4 Å². The SMILES string of the molecule is Cc1nn(C)c(C(OS(=O)(=O)c2ccc(C(F)(F)F)cc2)=C(C#N)n2ccc(-c3ccccn3)n2)c1C. The van der Waals surface area contributed by atoms with Crippen LogP contribution in [-0.4, -0.2) is 33.0 Å². The minimum absolute atomic E-state index is 0.180. The van der Waals surface area contributed by atoms with E-state index in [0.29, 0.717) is 34.8 Å². The standard InChI is InChI=1S/C24H19F3N6O3S/c1-15-16(2)30-32(3)22(15)23(36-37(34,35)18-9-7-17(8-10-18)24(25,26)27)21(14-28)33-13-11-20(31-33)19-6-4-5-12-29-19/h4-13H,1-3H3. The van der Waals surface area contributed by atoms with Crippen LogP contribution in [0.5, 0.6) is 0 Å². The second-order valence-electron chi connectivity index (χ2n) is 7.89. The number of hydrogen-bond acceptors (Lipinski definition) is 7. The molecule has 37 heavy (non-hydrogen) atoms. The Balaban J connectivity index is 1.86. The first-order chi connectivity index (χ1) is 17.4. The van der Waals surface area contributed by atoms with Gasteiger partial charge in [-0.1, -0.05) is 6.07 Å². The number of hydrogen-bond donors (Lipinski definition) is 0. The summed E-state index contributed by atoms with van der Waals surface area (Å²) in [5.41, 5.74) is 0.893. The number of rotatable bonds is 6. The lowest BCUT2D eigenvalue weighted by Gasteiger charge is -2.15. The molecule has 0 atom stereocenters. The number of allylic oxidation sites excluding steroid dienone is 1. The third-order valence-electron chi connectivity index (χ3n) is 5.47. The lowest BCUT2D eigenvalue weighted by Crippen LogP contribution is -2.13. The van der Waals surface area contributed by atoms with E-state index in [9.17, 15) is 26.9 Å². The Kier molecular flexibility index (Phi) is 6.62. The molecular weight excluding hydrogens is 509 g/mol. The summed E-state index contributed by atoms with van der Waals surface area (Å²) in [6, 6.07) is 11.6. The molecule has 0 aliphatic rings. The molecule has 13 heteroatoms. The van der Waals surface area contributed by atoms with Gasteiger partial charge in [-0.15, -0.1) is 0 Å². The van der Waals surface area contributed by atoms with Crippen LogP contribution in [0.3, 0.4) is 0 Å². The molecule has 0 amide bonds. The van der Waals surface area contributed by atoms with E-state index < -0.39 is 32.5 Å². The van der Waals surface area contributed by atoms with E-state index in [1.165, 1.54) is 10.9 Å². The molecule has 0 N–H and O–H groups in total. The highest BCUT2D eigenvalue weighted by Gasteiger charge is 2.32. The summed E-state index contributed by atoms with van der Waals surface area (Å²) < 4.78 is 73.1. The fourth-order valence-electron chi connectivity index (χ4n) is 3.55. The van der Waals surface area contributed by atoms with Crippen molar-refractivity contribution in [2.75, 3.05) is 0 Å². The summed E-state index contributed by atoms with van der Waals surface area (Å²) in [4.78, 5) is 3.68. The first-order valence-electron chi connectivity index (χ1n) is 10.7. The van der Waals surface area contributed by atoms with Gasteiger partial charge < -0.3 is 4.18 Å². The Labute approximate surface area is 210 Å². The zero-order valence-electron chi connectivity index (χ0n) is 19.7. The molecule has 0 bridgehead atoms. The zero-order valence-corrected chi connectivity index (χ0v) is 20.5. The molecule has 0 unspecified atom stereocenters. The van der Waals surface area contributed by atoms with Crippen molar-refractivity contribution >= 4 is 21.6 Å². The molecule has 1 aromatic carbocycles. The molecule has 4 rings (SSSR count). The van der Waals surface area contributed by atoms with E-state index in [-0.39, 0.29) is 11.4 Å². The van der Waals surface area contributed by atoms with E-state index in [4.69, 9.17) is 4.18 Å². The maximum atomic E-state index is 13.2. The Morgan fingerprint density at radius 1 is 1.03 bits per heavy atom. The Bertz CT molecular complexity index is 1630. The number of benzene rings is 1. The lowest BCUT2D eigenvalue weighted by molar-refractivity contribution is -0.137. The van der Waals surface area contributed by atoms with Gasteiger partial charge in [0.15, 0.2) is 5.70 Å². The van der Waals surface area contributed by atoms with Crippen molar-refractivity contribution in [3.8, 4) is 17.5 Å². The van der Waals surface area contributed by atoms with E-state index in [1.807, 2.05) is 6.07 Å². The zero-order chi connectivity index (χ0) is 27.0. The molecule has 190 valence electrons. The summed E-state index contributed by atoms with van der Waals surface area (Å²) in [5, 5.41) is 18.7. The van der Waals surface area contributed by atoms with Crippen LogP contribution in [0.25, 0.3) is 22.8 Å². The Hall–Kier alpha value is -4.44. The minimum atomic E-state index is -4.67. The quantitative estimate of drug-likeness (QED) is 0.205. The van der Waals surface area contributed by atoms with Crippen molar-refractivity contribution in [2.24, 2.45) is 7.05 Å². The third-order valence-corrected chi connectivity index (χ3v) is 6.70. The highest BCUT2D eigenvalue weighted by molar-refractivity contribution is 7.87. The molecule has 0 aliphatic carbocycles. The molecule has 0 fully saturated rings. The predicted octanol–water partition coefficient (Wildman–Crippen LogP) is 4.57. The van der Waals surface area contributed by atoms with Crippen LogP contribution < -0.4 is 0 Å². The maximum Gasteiger partial charge on any atom is 0.416 e. The van der Waals surface area contributed by atoms with Gasteiger partial charge in [0.05, 0.1) is 17.0 Å². The molecule has 3 aromatic heterocycles. The van der Waals surface area contributed by atoms with Crippen molar-refractivity contribution in [3.63, 3.8) is 0 Å². The molecule has 0 spiro atoms. The molecular formula is C24H19F3N6O3S. The largest absolute Gasteiger partial charge is 0.416 e. The van der Waals surface area contributed by atoms with Crippen LogP contribution in [-0.2, 0) is 27.5 Å². The van der Waals surface area contributed by atoms with Gasteiger partial charge in [-0.25, -0.2) is 4.68 Å². The molecule has 4 aromatic rings. The number of aromatic nitrogens is 5. The predicted molar refractivity (Wildman–Crippen MR) is 127 cm³/mol. The number of nitriles is 1. The smallest absolute Gasteiger partial charge is 0.373 e. The number of pyridine rings is 1. The van der Waals surface area contributed by atoms with Crippen LogP contribution in [0.4, 0.5) is 13.2 Å². The van der Waals surface area contributed by atoms with Gasteiger partial charge in [-0.05, 0) is 56.3 Å². The average molecular weight is 529 g/mol. The van der Waals surface area contributed by atoms with Gasteiger partial charge in [0.2, 0.25) is 5.76 Å². The van der Waals surface area contributed by atoms with Crippen LogP contribution in [0.15, 0.2) is 65.8 Å². The van der Waals surface area contributed by atoms with Crippen molar-refractivity contribution in [2.45, 2.75) is 24.9 Å². The third kappa shape index (κ3) is 5.10. The maximum absolute atomic E-state index is 13.2.